The molecule has 1 atom stereocenters. The van der Waals surface area contributed by atoms with Crippen molar-refractivity contribution in [1.82, 2.24) is 10.6 Å². The number of hydrogen-bond donors (Lipinski definition) is 2. The van der Waals surface area contributed by atoms with Gasteiger partial charge in [-0.05, 0) is 48.0 Å². The molecule has 1 heterocycles. The van der Waals surface area contributed by atoms with Gasteiger partial charge in [0.15, 0.2) is 0 Å². The molecule has 19 heavy (non-hydrogen) atoms. The largest absolute Gasteiger partial charge is 0.348 e. The third-order valence-electron chi connectivity index (χ3n) is 2.89. The summed E-state index contributed by atoms with van der Waals surface area (Å²) in [6.07, 6.45) is 1.85. The van der Waals surface area contributed by atoms with Crippen molar-refractivity contribution < 1.29 is 13.6 Å². The monoisotopic (exact) mass is 402 g/mol. The van der Waals surface area contributed by atoms with Crippen LogP contribution in [0.5, 0.6) is 0 Å². The number of nitrogens with one attached hydrogen (secondary N) is 2. The third kappa shape index (κ3) is 4.25. The summed E-state index contributed by atoms with van der Waals surface area (Å²) in [5.74, 6) is -1.96. The Morgan fingerprint density at radius 1 is 1.37 bits per heavy atom. The standard InChI is InChI=1S/C12H13F2IN2O.ClH/c13-9-5-10(14)11(15)4-8(9)12(18)17-7-2-1-3-16-6-7;/h4-5,7,16H,1-3,6H2,(H,17,18);1H. The van der Waals surface area contributed by atoms with Gasteiger partial charge in [-0.3, -0.25) is 4.79 Å². The Morgan fingerprint density at radius 3 is 2.74 bits per heavy atom. The Kier molecular flexibility index (Phi) is 6.41. The molecule has 1 aromatic carbocycles. The second-order valence-corrected chi connectivity index (χ2v) is 5.43. The number of carbonyl (C=O) groups is 1. The minimum atomic E-state index is -0.825. The van der Waals surface area contributed by atoms with E-state index in [1.54, 1.807) is 22.6 Å². The lowest BCUT2D eigenvalue weighted by Crippen LogP contribution is -2.45. The van der Waals surface area contributed by atoms with Crippen LogP contribution in [0.2, 0.25) is 0 Å². The molecule has 2 rings (SSSR count). The maximum absolute atomic E-state index is 13.5. The van der Waals surface area contributed by atoms with Crippen LogP contribution in [0.25, 0.3) is 0 Å². The molecule has 7 heteroatoms. The Bertz CT molecular complexity index is 467. The van der Waals surface area contributed by atoms with Gasteiger partial charge in [0, 0.05) is 22.2 Å². The first-order chi connectivity index (χ1) is 8.58. The molecule has 1 unspecified atom stereocenters. The van der Waals surface area contributed by atoms with Gasteiger partial charge in [-0.25, -0.2) is 8.78 Å². The summed E-state index contributed by atoms with van der Waals surface area (Å²) >= 11 is 1.74. The third-order valence-corrected chi connectivity index (χ3v) is 3.71. The van der Waals surface area contributed by atoms with E-state index in [4.69, 9.17) is 0 Å². The summed E-state index contributed by atoms with van der Waals surface area (Å²) in [5, 5.41) is 5.91. The number of halogens is 4. The molecule has 1 amide bonds. The first-order valence-electron chi connectivity index (χ1n) is 5.74. The molecule has 0 spiro atoms. The number of carbonyl (C=O) groups excluding carboxylic acids is 1. The van der Waals surface area contributed by atoms with Crippen LogP contribution < -0.4 is 10.6 Å². The number of rotatable bonds is 2. The van der Waals surface area contributed by atoms with E-state index >= 15 is 0 Å². The maximum atomic E-state index is 13.5. The summed E-state index contributed by atoms with van der Waals surface area (Å²) in [5.41, 5.74) is -0.105. The quantitative estimate of drug-likeness (QED) is 0.589. The molecule has 106 valence electrons. The average molecular weight is 403 g/mol. The predicted octanol–water partition coefficient (Wildman–Crippen LogP) is 2.47. The zero-order valence-corrected chi connectivity index (χ0v) is 13.0. The molecule has 1 saturated heterocycles. The van der Waals surface area contributed by atoms with E-state index in [0.717, 1.165) is 25.5 Å². The number of amides is 1. The molecular formula is C12H14ClF2IN2O. The van der Waals surface area contributed by atoms with Crippen molar-refractivity contribution in [3.63, 3.8) is 0 Å². The number of piperidine rings is 1. The Morgan fingerprint density at radius 2 is 2.11 bits per heavy atom. The second kappa shape index (κ2) is 7.35. The highest BCUT2D eigenvalue weighted by atomic mass is 127. The van der Waals surface area contributed by atoms with E-state index in [2.05, 4.69) is 10.6 Å². The molecule has 1 aliphatic heterocycles. The first kappa shape index (κ1) is 16.6. The highest BCUT2D eigenvalue weighted by Gasteiger charge is 2.19. The summed E-state index contributed by atoms with van der Waals surface area (Å²) in [6, 6.07) is 1.99. The van der Waals surface area contributed by atoms with Gasteiger partial charge in [-0.2, -0.15) is 0 Å². The van der Waals surface area contributed by atoms with Crippen molar-refractivity contribution in [2.24, 2.45) is 0 Å². The molecule has 0 bridgehead atoms. The van der Waals surface area contributed by atoms with Crippen molar-refractivity contribution in [3.05, 3.63) is 32.9 Å². The van der Waals surface area contributed by atoms with Gasteiger partial charge in [0.05, 0.1) is 5.56 Å². The fourth-order valence-corrected chi connectivity index (χ4v) is 2.40. The van der Waals surface area contributed by atoms with Crippen LogP contribution in [-0.2, 0) is 0 Å². The Balaban J connectivity index is 0.00000180. The minimum absolute atomic E-state index is 0. The van der Waals surface area contributed by atoms with Crippen LogP contribution in [0, 0.1) is 15.2 Å². The number of hydrogen-bond acceptors (Lipinski definition) is 2. The Labute approximate surface area is 130 Å². The zero-order chi connectivity index (χ0) is 13.1. The summed E-state index contributed by atoms with van der Waals surface area (Å²) in [4.78, 5) is 11.9. The molecule has 0 aromatic heterocycles. The summed E-state index contributed by atoms with van der Waals surface area (Å²) < 4.78 is 26.8. The van der Waals surface area contributed by atoms with Crippen LogP contribution in [-0.4, -0.2) is 25.0 Å². The topological polar surface area (TPSA) is 41.1 Å². The fourth-order valence-electron chi connectivity index (χ4n) is 1.93. The van der Waals surface area contributed by atoms with Gasteiger partial charge in [0.25, 0.3) is 5.91 Å². The number of benzene rings is 1. The molecule has 0 saturated carbocycles. The van der Waals surface area contributed by atoms with Gasteiger partial charge in [-0.15, -0.1) is 12.4 Å². The lowest BCUT2D eigenvalue weighted by atomic mass is 10.1. The molecule has 1 fully saturated rings. The van der Waals surface area contributed by atoms with Gasteiger partial charge in [-0.1, -0.05) is 0 Å². The van der Waals surface area contributed by atoms with E-state index in [1.165, 1.54) is 6.07 Å². The summed E-state index contributed by atoms with van der Waals surface area (Å²) in [7, 11) is 0. The lowest BCUT2D eigenvalue weighted by Gasteiger charge is -2.23. The minimum Gasteiger partial charge on any atom is -0.348 e. The molecule has 3 nitrogen and oxygen atoms in total. The molecule has 2 N–H and O–H groups in total. The van der Waals surface area contributed by atoms with Crippen molar-refractivity contribution in [3.8, 4) is 0 Å². The van der Waals surface area contributed by atoms with Crippen molar-refractivity contribution in [2.45, 2.75) is 18.9 Å². The van der Waals surface area contributed by atoms with Crippen LogP contribution in [0.3, 0.4) is 0 Å². The van der Waals surface area contributed by atoms with Crippen LogP contribution in [0.15, 0.2) is 12.1 Å². The molecule has 0 radical (unpaired) electrons. The van der Waals surface area contributed by atoms with Crippen LogP contribution >= 0.6 is 35.0 Å². The van der Waals surface area contributed by atoms with Gasteiger partial charge >= 0.3 is 0 Å². The normalized spacial score (nSPS) is 18.6. The van der Waals surface area contributed by atoms with Crippen molar-refractivity contribution in [2.75, 3.05) is 13.1 Å². The van der Waals surface area contributed by atoms with Crippen LogP contribution in [0.4, 0.5) is 8.78 Å². The van der Waals surface area contributed by atoms with Crippen LogP contribution in [0.1, 0.15) is 23.2 Å². The average Bonchev–Trinajstić information content (AvgIpc) is 2.35. The highest BCUT2D eigenvalue weighted by molar-refractivity contribution is 14.1. The SMILES string of the molecule is Cl.O=C(NC1CCCNC1)c1cc(I)c(F)cc1F. The van der Waals surface area contributed by atoms with Gasteiger partial charge < -0.3 is 10.6 Å². The smallest absolute Gasteiger partial charge is 0.254 e. The molecule has 1 aliphatic rings. The first-order valence-corrected chi connectivity index (χ1v) is 6.82. The zero-order valence-electron chi connectivity index (χ0n) is 10.0. The summed E-state index contributed by atoms with van der Waals surface area (Å²) in [6.45, 7) is 1.63. The van der Waals surface area contributed by atoms with E-state index in [0.29, 0.717) is 6.54 Å². The Hall–Kier alpha value is -0.470. The molecule has 0 aliphatic carbocycles. The predicted molar refractivity (Wildman–Crippen MR) is 79.7 cm³/mol. The van der Waals surface area contributed by atoms with Gasteiger partial charge in [0.2, 0.25) is 0 Å². The fraction of sp³-hybridized carbons (Fsp3) is 0.417. The maximum Gasteiger partial charge on any atom is 0.254 e. The molecular weight excluding hydrogens is 388 g/mol. The highest BCUT2D eigenvalue weighted by Crippen LogP contribution is 2.17. The van der Waals surface area contributed by atoms with Crippen molar-refractivity contribution >= 4 is 40.9 Å². The van der Waals surface area contributed by atoms with E-state index in [9.17, 15) is 13.6 Å². The van der Waals surface area contributed by atoms with Gasteiger partial charge in [0.1, 0.15) is 11.6 Å². The van der Waals surface area contributed by atoms with E-state index < -0.39 is 17.5 Å². The van der Waals surface area contributed by atoms with E-state index in [1.807, 2.05) is 0 Å². The molecule has 1 aromatic rings. The second-order valence-electron chi connectivity index (χ2n) is 4.26. The lowest BCUT2D eigenvalue weighted by molar-refractivity contribution is 0.0926. The van der Waals surface area contributed by atoms with Crippen molar-refractivity contribution in [1.29, 1.82) is 0 Å². The van der Waals surface area contributed by atoms with E-state index in [-0.39, 0.29) is 27.6 Å².